The van der Waals surface area contributed by atoms with Gasteiger partial charge in [0.25, 0.3) is 0 Å². The standard InChI is InChI=1S/C17H21FN2O4/c18-13-6-4-5-12(9-13)10-14(21)19-11-15(22)20-17(16(23)24)7-2-1-3-8-17/h4-6,9H,1-3,7-8,10-11H2,(H,19,21)(H,20,22)(H,23,24). The van der Waals surface area contributed by atoms with Gasteiger partial charge in [0.05, 0.1) is 13.0 Å². The number of carboxylic acids is 1. The van der Waals surface area contributed by atoms with Crippen molar-refractivity contribution in [2.75, 3.05) is 6.54 Å². The Balaban J connectivity index is 1.83. The van der Waals surface area contributed by atoms with Crippen molar-refractivity contribution < 1.29 is 23.9 Å². The maximum absolute atomic E-state index is 13.1. The third-order valence-electron chi connectivity index (χ3n) is 4.20. The van der Waals surface area contributed by atoms with Crippen LogP contribution in [-0.2, 0) is 20.8 Å². The Kier molecular flexibility index (Phi) is 5.89. The van der Waals surface area contributed by atoms with E-state index in [1.165, 1.54) is 18.2 Å². The Morgan fingerprint density at radius 1 is 1.12 bits per heavy atom. The predicted octanol–water partition coefficient (Wildman–Crippen LogP) is 1.39. The number of halogens is 1. The molecule has 0 saturated heterocycles. The highest BCUT2D eigenvalue weighted by atomic mass is 19.1. The largest absolute Gasteiger partial charge is 0.480 e. The van der Waals surface area contributed by atoms with Crippen LogP contribution in [0.3, 0.4) is 0 Å². The van der Waals surface area contributed by atoms with Crippen molar-refractivity contribution in [1.29, 1.82) is 0 Å². The zero-order valence-electron chi connectivity index (χ0n) is 13.3. The Hall–Kier alpha value is -2.44. The number of benzene rings is 1. The van der Waals surface area contributed by atoms with Crippen LogP contribution in [0, 0.1) is 5.82 Å². The highest BCUT2D eigenvalue weighted by molar-refractivity contribution is 5.90. The average molecular weight is 336 g/mol. The first-order chi connectivity index (χ1) is 11.4. The fraction of sp³-hybridized carbons (Fsp3) is 0.471. The van der Waals surface area contributed by atoms with Gasteiger partial charge in [-0.15, -0.1) is 0 Å². The third-order valence-corrected chi connectivity index (χ3v) is 4.20. The Morgan fingerprint density at radius 2 is 1.83 bits per heavy atom. The molecule has 0 aromatic heterocycles. The molecular weight excluding hydrogens is 315 g/mol. The van der Waals surface area contributed by atoms with Gasteiger partial charge >= 0.3 is 5.97 Å². The molecule has 0 unspecified atom stereocenters. The highest BCUT2D eigenvalue weighted by Crippen LogP contribution is 2.28. The molecule has 1 fully saturated rings. The third kappa shape index (κ3) is 4.78. The smallest absolute Gasteiger partial charge is 0.329 e. The summed E-state index contributed by atoms with van der Waals surface area (Å²) in [6.07, 6.45) is 3.19. The van der Waals surface area contributed by atoms with Gasteiger partial charge < -0.3 is 15.7 Å². The first kappa shape index (κ1) is 17.9. The minimum absolute atomic E-state index is 0.0465. The Labute approximate surface area is 139 Å². The molecule has 1 saturated carbocycles. The lowest BCUT2D eigenvalue weighted by Crippen LogP contribution is -2.57. The predicted molar refractivity (Wildman–Crippen MR) is 84.7 cm³/mol. The molecule has 1 aliphatic rings. The fourth-order valence-electron chi connectivity index (χ4n) is 2.93. The van der Waals surface area contributed by atoms with Crippen LogP contribution < -0.4 is 10.6 Å². The van der Waals surface area contributed by atoms with E-state index in [4.69, 9.17) is 0 Å². The second-order valence-corrected chi connectivity index (χ2v) is 6.08. The maximum Gasteiger partial charge on any atom is 0.329 e. The number of hydrogen-bond donors (Lipinski definition) is 3. The van der Waals surface area contributed by atoms with Gasteiger partial charge in [0.1, 0.15) is 11.4 Å². The maximum atomic E-state index is 13.1. The number of amides is 2. The van der Waals surface area contributed by atoms with Crippen LogP contribution in [0.25, 0.3) is 0 Å². The van der Waals surface area contributed by atoms with E-state index < -0.39 is 29.1 Å². The molecular formula is C17H21FN2O4. The second-order valence-electron chi connectivity index (χ2n) is 6.08. The van der Waals surface area contributed by atoms with Crippen molar-refractivity contribution >= 4 is 17.8 Å². The summed E-state index contributed by atoms with van der Waals surface area (Å²) in [4.78, 5) is 35.3. The summed E-state index contributed by atoms with van der Waals surface area (Å²) in [6, 6.07) is 5.65. The zero-order valence-corrected chi connectivity index (χ0v) is 13.3. The SMILES string of the molecule is O=C(Cc1cccc(F)c1)NCC(=O)NC1(C(=O)O)CCCCC1. The monoisotopic (exact) mass is 336 g/mol. The number of carbonyl (C=O) groups excluding carboxylic acids is 2. The molecule has 3 N–H and O–H groups in total. The van der Waals surface area contributed by atoms with Crippen molar-refractivity contribution in [2.45, 2.75) is 44.1 Å². The lowest BCUT2D eigenvalue weighted by molar-refractivity contribution is -0.149. The molecule has 6 nitrogen and oxygen atoms in total. The molecule has 1 aromatic carbocycles. The number of carboxylic acid groups (broad SMARTS) is 1. The van der Waals surface area contributed by atoms with Crippen LogP contribution in [-0.4, -0.2) is 35.0 Å². The molecule has 0 bridgehead atoms. The Bertz CT molecular complexity index is 627. The number of hydrogen-bond acceptors (Lipinski definition) is 3. The molecule has 24 heavy (non-hydrogen) atoms. The van der Waals surface area contributed by atoms with Gasteiger partial charge in [-0.3, -0.25) is 9.59 Å². The van der Waals surface area contributed by atoms with Gasteiger partial charge in [0.2, 0.25) is 11.8 Å². The Morgan fingerprint density at radius 3 is 2.46 bits per heavy atom. The van der Waals surface area contributed by atoms with E-state index >= 15 is 0 Å². The van der Waals surface area contributed by atoms with E-state index in [1.807, 2.05) is 0 Å². The zero-order chi connectivity index (χ0) is 17.6. The van der Waals surface area contributed by atoms with Crippen LogP contribution in [0.1, 0.15) is 37.7 Å². The van der Waals surface area contributed by atoms with Crippen molar-refractivity contribution in [3.05, 3.63) is 35.6 Å². The van der Waals surface area contributed by atoms with Gasteiger partial charge in [-0.05, 0) is 30.5 Å². The topological polar surface area (TPSA) is 95.5 Å². The minimum Gasteiger partial charge on any atom is -0.480 e. The molecule has 1 aromatic rings. The van der Waals surface area contributed by atoms with Crippen molar-refractivity contribution in [2.24, 2.45) is 0 Å². The summed E-state index contributed by atoms with van der Waals surface area (Å²) in [7, 11) is 0. The van der Waals surface area contributed by atoms with Gasteiger partial charge in [0.15, 0.2) is 0 Å². The number of rotatable bonds is 6. The van der Waals surface area contributed by atoms with Crippen LogP contribution in [0.5, 0.6) is 0 Å². The van der Waals surface area contributed by atoms with Crippen LogP contribution >= 0.6 is 0 Å². The first-order valence-electron chi connectivity index (χ1n) is 7.97. The first-order valence-corrected chi connectivity index (χ1v) is 7.97. The highest BCUT2D eigenvalue weighted by Gasteiger charge is 2.40. The van der Waals surface area contributed by atoms with Gasteiger partial charge in [0, 0.05) is 0 Å². The molecule has 0 aliphatic heterocycles. The molecule has 0 spiro atoms. The number of nitrogens with one attached hydrogen (secondary N) is 2. The molecule has 1 aliphatic carbocycles. The van der Waals surface area contributed by atoms with E-state index in [2.05, 4.69) is 10.6 Å². The number of aliphatic carboxylic acids is 1. The lowest BCUT2D eigenvalue weighted by Gasteiger charge is -2.33. The summed E-state index contributed by atoms with van der Waals surface area (Å²) in [5.41, 5.74) is -0.731. The molecule has 2 amide bonds. The van der Waals surface area contributed by atoms with E-state index in [9.17, 15) is 23.9 Å². The normalized spacial score (nSPS) is 16.2. The molecule has 0 heterocycles. The van der Waals surface area contributed by atoms with E-state index in [-0.39, 0.29) is 13.0 Å². The molecule has 7 heteroatoms. The summed E-state index contributed by atoms with van der Waals surface area (Å²) in [5.74, 6) is -2.43. The van der Waals surface area contributed by atoms with Gasteiger partial charge in [-0.1, -0.05) is 31.4 Å². The molecule has 0 radical (unpaired) electrons. The minimum atomic E-state index is -1.23. The van der Waals surface area contributed by atoms with Crippen LogP contribution in [0.4, 0.5) is 4.39 Å². The van der Waals surface area contributed by atoms with Crippen molar-refractivity contribution in [1.82, 2.24) is 10.6 Å². The second kappa shape index (κ2) is 7.90. The van der Waals surface area contributed by atoms with Gasteiger partial charge in [-0.2, -0.15) is 0 Å². The van der Waals surface area contributed by atoms with Crippen LogP contribution in [0.15, 0.2) is 24.3 Å². The molecule has 0 atom stereocenters. The van der Waals surface area contributed by atoms with Crippen molar-refractivity contribution in [3.8, 4) is 0 Å². The summed E-state index contributed by atoms with van der Waals surface area (Å²) in [6.45, 7) is -0.302. The summed E-state index contributed by atoms with van der Waals surface area (Å²) >= 11 is 0. The van der Waals surface area contributed by atoms with E-state index in [1.54, 1.807) is 6.07 Å². The van der Waals surface area contributed by atoms with Gasteiger partial charge in [-0.25, -0.2) is 9.18 Å². The summed E-state index contributed by atoms with van der Waals surface area (Å²) < 4.78 is 13.1. The van der Waals surface area contributed by atoms with Crippen LogP contribution in [0.2, 0.25) is 0 Å². The fourth-order valence-corrected chi connectivity index (χ4v) is 2.93. The van der Waals surface area contributed by atoms with E-state index in [0.29, 0.717) is 18.4 Å². The van der Waals surface area contributed by atoms with Crippen molar-refractivity contribution in [3.63, 3.8) is 0 Å². The quantitative estimate of drug-likeness (QED) is 0.731. The number of carbonyl (C=O) groups is 3. The van der Waals surface area contributed by atoms with E-state index in [0.717, 1.165) is 19.3 Å². The average Bonchev–Trinajstić information content (AvgIpc) is 2.54. The molecule has 2 rings (SSSR count). The molecule has 130 valence electrons. The lowest BCUT2D eigenvalue weighted by atomic mass is 9.81. The summed E-state index contributed by atoms with van der Waals surface area (Å²) in [5, 5.41) is 14.4.